The Labute approximate surface area is 57.1 Å². The van der Waals surface area contributed by atoms with Crippen LogP contribution in [0.4, 0.5) is 0 Å². The molecule has 0 aromatic rings. The van der Waals surface area contributed by atoms with Gasteiger partial charge in [0.05, 0.1) is 0 Å². The molecule has 0 saturated heterocycles. The van der Waals surface area contributed by atoms with Crippen molar-refractivity contribution < 1.29 is 5.11 Å². The van der Waals surface area contributed by atoms with E-state index in [1.165, 1.54) is 0 Å². The molecule has 6 radical (unpaired) electrons. The van der Waals surface area contributed by atoms with E-state index < -0.39 is 0 Å². The molecule has 3 heteroatoms. The standard InChI is InChI=1S/CH2O.2Pb/c1-2;;/h1-2H;;. The zero-order chi connectivity index (χ0) is 3.58. The van der Waals surface area contributed by atoms with Crippen LogP contribution in [0.2, 0.25) is 0 Å². The van der Waals surface area contributed by atoms with Crippen LogP contribution >= 0.6 is 0 Å². The summed E-state index contributed by atoms with van der Waals surface area (Å²) < 4.78 is 0.111. The molecule has 0 unspecified atom stereocenters. The first kappa shape index (κ1) is 5.80. The zero-order valence-corrected chi connectivity index (χ0v) is 9.80. The maximum atomic E-state index is 8.18. The van der Waals surface area contributed by atoms with Crippen molar-refractivity contribution in [3.63, 3.8) is 0 Å². The Kier molecular flexibility index (Phi) is 4.37. The van der Waals surface area contributed by atoms with E-state index >= 15 is 0 Å². The van der Waals surface area contributed by atoms with Crippen LogP contribution in [0.1, 0.15) is 0 Å². The van der Waals surface area contributed by atoms with E-state index in [9.17, 15) is 0 Å². The molecular formula is CH2OPb2. The molecule has 0 rings (SSSR count). The van der Waals surface area contributed by atoms with Crippen molar-refractivity contribution in [2.24, 2.45) is 0 Å². The number of hydrogen-bond donors (Lipinski definition) is 1. The fourth-order valence-electron chi connectivity index (χ4n) is 0. The minimum atomic E-state index is 0.111. The summed E-state index contributed by atoms with van der Waals surface area (Å²) in [7, 11) is 0. The molecule has 0 saturated carbocycles. The van der Waals surface area contributed by atoms with Gasteiger partial charge in [0.2, 0.25) is 0 Å². The molecule has 0 aromatic heterocycles. The van der Waals surface area contributed by atoms with E-state index in [-0.39, 0.29) is 1.22 Å². The molecule has 0 amide bonds. The molecule has 4 heavy (non-hydrogen) atoms. The Morgan fingerprint density at radius 1 is 1.50 bits per heavy atom. The molecule has 1 N–H and O–H groups in total. The molecule has 0 fully saturated rings. The monoisotopic (exact) mass is 446 g/mol. The second kappa shape index (κ2) is 3.01. The van der Waals surface area contributed by atoms with Gasteiger partial charge in [-0.25, -0.2) is 0 Å². The summed E-state index contributed by atoms with van der Waals surface area (Å²) in [5.41, 5.74) is 0. The SMILES string of the molecule is O[CH]([Pb])[Pb]. The first-order valence-electron chi connectivity index (χ1n) is 0.836. The number of rotatable bonds is 0. The first-order chi connectivity index (χ1) is 1.73. The molecule has 0 aromatic carbocycles. The average Bonchev–Trinajstić information content (AvgIpc) is 0.811. The van der Waals surface area contributed by atoms with Gasteiger partial charge in [-0.2, -0.15) is 0 Å². The Hall–Kier alpha value is 1.80. The Bertz CT molecular complexity index is 10.8. The van der Waals surface area contributed by atoms with Crippen LogP contribution in [-0.2, 0) is 0 Å². The Balaban J connectivity index is 2.32. The normalized spacial score (nSPS) is 9.00. The fourth-order valence-corrected chi connectivity index (χ4v) is 0. The van der Waals surface area contributed by atoms with E-state index in [0.29, 0.717) is 0 Å². The van der Waals surface area contributed by atoms with Crippen molar-refractivity contribution in [2.45, 2.75) is 1.22 Å². The van der Waals surface area contributed by atoms with E-state index in [4.69, 9.17) is 5.11 Å². The summed E-state index contributed by atoms with van der Waals surface area (Å²) in [6, 6.07) is 0. The van der Waals surface area contributed by atoms with E-state index in [2.05, 4.69) is 0 Å². The predicted molar refractivity (Wildman–Crippen MR) is 17.5 cm³/mol. The maximum absolute atomic E-state index is 8.18. The van der Waals surface area contributed by atoms with Gasteiger partial charge in [0.15, 0.2) is 0 Å². The molecule has 0 aliphatic carbocycles. The van der Waals surface area contributed by atoms with E-state index in [1.807, 2.05) is 0 Å². The van der Waals surface area contributed by atoms with Gasteiger partial charge in [-0.3, -0.25) is 0 Å². The van der Waals surface area contributed by atoms with Gasteiger partial charge in [-0.15, -0.1) is 0 Å². The van der Waals surface area contributed by atoms with Crippen molar-refractivity contribution in [3.05, 3.63) is 0 Å². The third-order valence-corrected chi connectivity index (χ3v) is 0. The molecule has 0 aliphatic heterocycles. The Morgan fingerprint density at radius 3 is 1.50 bits per heavy atom. The zero-order valence-electron chi connectivity index (χ0n) is 2.02. The van der Waals surface area contributed by atoms with Crippen molar-refractivity contribution in [3.8, 4) is 0 Å². The van der Waals surface area contributed by atoms with Gasteiger partial charge in [-0.1, -0.05) is 0 Å². The molecule has 0 heterocycles. The summed E-state index contributed by atoms with van der Waals surface area (Å²) >= 11 is 1.93. The van der Waals surface area contributed by atoms with Gasteiger partial charge in [-0.05, 0) is 0 Å². The molecule has 1 nitrogen and oxygen atoms in total. The Morgan fingerprint density at radius 2 is 1.50 bits per heavy atom. The summed E-state index contributed by atoms with van der Waals surface area (Å²) in [5, 5.41) is 8.18. The minimum absolute atomic E-state index is 0.111. The fraction of sp³-hybridized carbons (Fsp3) is 1.00. The second-order valence-corrected chi connectivity index (χ2v) is 13.4. The van der Waals surface area contributed by atoms with Gasteiger partial charge in [0, 0.05) is 0 Å². The van der Waals surface area contributed by atoms with Crippen LogP contribution < -0.4 is 0 Å². The number of hydrogen-bond acceptors (Lipinski definition) is 1. The molecule has 0 spiro atoms. The molecular weight excluding hydrogens is 442 g/mol. The van der Waals surface area contributed by atoms with Crippen molar-refractivity contribution in [1.29, 1.82) is 0 Å². The van der Waals surface area contributed by atoms with Crippen molar-refractivity contribution >= 4 is 51.5 Å². The van der Waals surface area contributed by atoms with Crippen molar-refractivity contribution in [2.75, 3.05) is 0 Å². The van der Waals surface area contributed by atoms with Crippen LogP contribution in [-0.4, -0.2) is 57.9 Å². The molecule has 20 valence electrons. The summed E-state index contributed by atoms with van der Waals surface area (Å²) in [5.74, 6) is 0. The molecule has 0 bridgehead atoms. The van der Waals surface area contributed by atoms with Crippen LogP contribution in [0.25, 0.3) is 0 Å². The van der Waals surface area contributed by atoms with Crippen molar-refractivity contribution in [1.82, 2.24) is 0 Å². The van der Waals surface area contributed by atoms with Crippen LogP contribution in [0.3, 0.4) is 0 Å². The van der Waals surface area contributed by atoms with Crippen LogP contribution in [0, 0.1) is 0 Å². The first-order valence-corrected chi connectivity index (χ1v) is 5.32. The third-order valence-electron chi connectivity index (χ3n) is 0. The average molecular weight is 444 g/mol. The summed E-state index contributed by atoms with van der Waals surface area (Å²) in [6.45, 7) is 0. The van der Waals surface area contributed by atoms with Gasteiger partial charge in [0.1, 0.15) is 0 Å². The van der Waals surface area contributed by atoms with Gasteiger partial charge < -0.3 is 0 Å². The topological polar surface area (TPSA) is 20.2 Å². The van der Waals surface area contributed by atoms with E-state index in [1.54, 1.807) is 0 Å². The second-order valence-electron chi connectivity index (χ2n) is 0.403. The van der Waals surface area contributed by atoms with Crippen LogP contribution in [0.15, 0.2) is 0 Å². The quantitative estimate of drug-likeness (QED) is 0.456. The van der Waals surface area contributed by atoms with Gasteiger partial charge in [0.25, 0.3) is 0 Å². The molecule has 0 atom stereocenters. The molecule has 0 aliphatic rings. The van der Waals surface area contributed by atoms with Gasteiger partial charge >= 0.3 is 57.9 Å². The summed E-state index contributed by atoms with van der Waals surface area (Å²) in [6.07, 6.45) is 0. The number of aliphatic hydroxyl groups is 1. The van der Waals surface area contributed by atoms with Crippen LogP contribution in [0.5, 0.6) is 0 Å². The summed E-state index contributed by atoms with van der Waals surface area (Å²) in [4.78, 5) is 0. The third kappa shape index (κ3) is 9.19. The number of aliphatic hydroxyl groups excluding tert-OH is 1. The van der Waals surface area contributed by atoms with E-state index in [0.717, 1.165) is 51.5 Å². The predicted octanol–water partition coefficient (Wildman–Crippen LogP) is -1.40.